The summed E-state index contributed by atoms with van der Waals surface area (Å²) in [7, 11) is 0. The zero-order valence-electron chi connectivity index (χ0n) is 10.1. The molecule has 0 bridgehead atoms. The van der Waals surface area contributed by atoms with Gasteiger partial charge in [0.2, 0.25) is 0 Å². The number of nitrogens with one attached hydrogen (secondary N) is 1. The average molecular weight is 215 g/mol. The van der Waals surface area contributed by atoms with E-state index in [2.05, 4.69) is 36.5 Å². The highest BCUT2D eigenvalue weighted by Gasteiger charge is 2.46. The van der Waals surface area contributed by atoms with Crippen molar-refractivity contribution in [1.82, 2.24) is 5.32 Å². The molecule has 0 aliphatic heterocycles. The maximum Gasteiger partial charge on any atom is 0.0469 e. The van der Waals surface area contributed by atoms with E-state index in [9.17, 15) is 0 Å². The van der Waals surface area contributed by atoms with E-state index in [1.54, 1.807) is 11.1 Å². The maximum atomic E-state index is 3.82. The molecule has 0 saturated heterocycles. The molecule has 2 aliphatic carbocycles. The van der Waals surface area contributed by atoms with Gasteiger partial charge in [0.1, 0.15) is 0 Å². The Morgan fingerprint density at radius 3 is 3.06 bits per heavy atom. The van der Waals surface area contributed by atoms with Crippen molar-refractivity contribution >= 4 is 0 Å². The summed E-state index contributed by atoms with van der Waals surface area (Å²) in [4.78, 5) is 0. The molecule has 0 unspecified atom stereocenters. The van der Waals surface area contributed by atoms with Crippen molar-refractivity contribution in [1.29, 1.82) is 0 Å². The van der Waals surface area contributed by atoms with E-state index >= 15 is 0 Å². The van der Waals surface area contributed by atoms with E-state index in [-0.39, 0.29) is 0 Å². The Hall–Kier alpha value is -0.820. The Kier molecular flexibility index (Phi) is 2.51. The largest absolute Gasteiger partial charge is 0.307 e. The van der Waals surface area contributed by atoms with Crippen molar-refractivity contribution in [3.63, 3.8) is 0 Å². The highest BCUT2D eigenvalue weighted by Crippen LogP contribution is 2.49. The Bertz CT molecular complexity index is 381. The summed E-state index contributed by atoms with van der Waals surface area (Å²) >= 11 is 0. The molecular formula is C15H21N. The summed E-state index contributed by atoms with van der Waals surface area (Å²) in [6, 6.07) is 9.07. The first-order chi connectivity index (χ1) is 7.87. The fraction of sp³-hybridized carbons (Fsp3) is 0.600. The molecule has 0 aromatic heterocycles. The monoisotopic (exact) mass is 215 g/mol. The first-order valence-electron chi connectivity index (χ1n) is 6.70. The van der Waals surface area contributed by atoms with E-state index < -0.39 is 0 Å². The molecule has 1 N–H and O–H groups in total. The highest BCUT2D eigenvalue weighted by atomic mass is 15.0. The summed E-state index contributed by atoms with van der Waals surface area (Å²) in [6.45, 7) is 3.33. The fourth-order valence-electron chi connectivity index (χ4n) is 3.92. The van der Waals surface area contributed by atoms with Gasteiger partial charge in [-0.25, -0.2) is 0 Å². The number of hydrogen-bond donors (Lipinski definition) is 1. The lowest BCUT2D eigenvalue weighted by Crippen LogP contribution is -2.47. The quantitative estimate of drug-likeness (QED) is 0.798. The number of rotatable bonds is 2. The Labute approximate surface area is 98.3 Å². The lowest BCUT2D eigenvalue weighted by molar-refractivity contribution is 0.162. The van der Waals surface area contributed by atoms with Crippen LogP contribution in [-0.2, 0) is 12.0 Å². The summed E-state index contributed by atoms with van der Waals surface area (Å²) in [5.41, 5.74) is 3.51. The molecule has 0 spiro atoms. The minimum atomic E-state index is 0.323. The van der Waals surface area contributed by atoms with Crippen LogP contribution in [0.15, 0.2) is 24.3 Å². The zero-order valence-corrected chi connectivity index (χ0v) is 10.1. The summed E-state index contributed by atoms with van der Waals surface area (Å²) < 4.78 is 0. The van der Waals surface area contributed by atoms with Crippen molar-refractivity contribution < 1.29 is 0 Å². The SMILES string of the molecule is CCN[C@]12CCCC[C@H]1Cc1ccccc12. The topological polar surface area (TPSA) is 12.0 Å². The van der Waals surface area contributed by atoms with Gasteiger partial charge in [0.25, 0.3) is 0 Å². The Morgan fingerprint density at radius 1 is 1.31 bits per heavy atom. The molecule has 16 heavy (non-hydrogen) atoms. The normalized spacial score (nSPS) is 32.2. The second-order valence-electron chi connectivity index (χ2n) is 5.31. The lowest BCUT2D eigenvalue weighted by Gasteiger charge is -2.41. The summed E-state index contributed by atoms with van der Waals surface area (Å²) in [6.07, 6.45) is 6.84. The third-order valence-electron chi connectivity index (χ3n) is 4.53. The van der Waals surface area contributed by atoms with Gasteiger partial charge >= 0.3 is 0 Å². The van der Waals surface area contributed by atoms with Crippen LogP contribution in [-0.4, -0.2) is 6.54 Å². The molecule has 1 nitrogen and oxygen atoms in total. The molecule has 2 aliphatic rings. The number of benzene rings is 1. The van der Waals surface area contributed by atoms with Crippen molar-refractivity contribution in [2.24, 2.45) is 5.92 Å². The van der Waals surface area contributed by atoms with Crippen molar-refractivity contribution in [2.45, 2.75) is 44.6 Å². The predicted molar refractivity (Wildman–Crippen MR) is 67.5 cm³/mol. The third kappa shape index (κ3) is 1.34. The van der Waals surface area contributed by atoms with Gasteiger partial charge in [-0.1, -0.05) is 44.0 Å². The van der Waals surface area contributed by atoms with Crippen LogP contribution in [0.5, 0.6) is 0 Å². The van der Waals surface area contributed by atoms with E-state index in [0.29, 0.717) is 5.54 Å². The smallest absolute Gasteiger partial charge is 0.0469 e. The van der Waals surface area contributed by atoms with E-state index in [1.165, 1.54) is 32.1 Å². The minimum absolute atomic E-state index is 0.323. The van der Waals surface area contributed by atoms with Gasteiger partial charge in [0.05, 0.1) is 0 Å². The highest BCUT2D eigenvalue weighted by molar-refractivity contribution is 5.40. The van der Waals surface area contributed by atoms with Crippen molar-refractivity contribution in [2.75, 3.05) is 6.54 Å². The summed E-state index contributed by atoms with van der Waals surface area (Å²) in [5.74, 6) is 0.846. The van der Waals surface area contributed by atoms with Crippen LogP contribution in [0.2, 0.25) is 0 Å². The third-order valence-corrected chi connectivity index (χ3v) is 4.53. The molecule has 0 heterocycles. The number of fused-ring (bicyclic) bond motifs is 3. The molecule has 86 valence electrons. The first-order valence-corrected chi connectivity index (χ1v) is 6.70. The second-order valence-corrected chi connectivity index (χ2v) is 5.31. The molecule has 0 amide bonds. The van der Waals surface area contributed by atoms with E-state index in [0.717, 1.165) is 12.5 Å². The second kappa shape index (κ2) is 3.89. The molecule has 0 radical (unpaired) electrons. The predicted octanol–water partition coefficient (Wildman–Crippen LogP) is 3.24. The molecule has 2 atom stereocenters. The lowest BCUT2D eigenvalue weighted by atomic mass is 9.73. The minimum Gasteiger partial charge on any atom is -0.307 e. The van der Waals surface area contributed by atoms with Crippen molar-refractivity contribution in [3.05, 3.63) is 35.4 Å². The van der Waals surface area contributed by atoms with Crippen LogP contribution >= 0.6 is 0 Å². The maximum absolute atomic E-state index is 3.82. The average Bonchev–Trinajstić information content (AvgIpc) is 2.64. The number of hydrogen-bond acceptors (Lipinski definition) is 1. The van der Waals surface area contributed by atoms with E-state index in [1.807, 2.05) is 0 Å². The van der Waals surface area contributed by atoms with Gasteiger partial charge in [0.15, 0.2) is 0 Å². The van der Waals surface area contributed by atoms with Gasteiger partial charge < -0.3 is 5.32 Å². The van der Waals surface area contributed by atoms with Gasteiger partial charge in [-0.2, -0.15) is 0 Å². The Balaban J connectivity index is 2.06. The fourth-order valence-corrected chi connectivity index (χ4v) is 3.92. The molecule has 1 saturated carbocycles. The zero-order chi connectivity index (χ0) is 11.0. The van der Waals surface area contributed by atoms with Gasteiger partial charge in [-0.3, -0.25) is 0 Å². The van der Waals surface area contributed by atoms with Crippen LogP contribution in [0.25, 0.3) is 0 Å². The van der Waals surface area contributed by atoms with Crippen molar-refractivity contribution in [3.8, 4) is 0 Å². The van der Waals surface area contributed by atoms with Gasteiger partial charge in [-0.15, -0.1) is 0 Å². The van der Waals surface area contributed by atoms with E-state index in [4.69, 9.17) is 0 Å². The van der Waals surface area contributed by atoms with Crippen LogP contribution < -0.4 is 5.32 Å². The van der Waals surface area contributed by atoms with Crippen LogP contribution in [0.1, 0.15) is 43.7 Å². The standard InChI is InChI=1S/C15H21N/c1-2-16-15-10-6-5-8-13(15)11-12-7-3-4-9-14(12)15/h3-4,7,9,13,16H,2,5-6,8,10-11H2,1H3/t13-,15+/m0/s1. The molecule has 1 heteroatoms. The van der Waals surface area contributed by atoms with Crippen LogP contribution in [0.4, 0.5) is 0 Å². The molecule has 1 aromatic carbocycles. The van der Waals surface area contributed by atoms with Gasteiger partial charge in [0, 0.05) is 5.54 Å². The van der Waals surface area contributed by atoms with Crippen LogP contribution in [0.3, 0.4) is 0 Å². The summed E-state index contributed by atoms with van der Waals surface area (Å²) in [5, 5.41) is 3.82. The molecule has 1 fully saturated rings. The van der Waals surface area contributed by atoms with Crippen LogP contribution in [0, 0.1) is 5.92 Å². The first kappa shape index (κ1) is 10.3. The molecule has 1 aromatic rings. The van der Waals surface area contributed by atoms with Gasteiger partial charge in [-0.05, 0) is 42.9 Å². The Morgan fingerprint density at radius 2 is 2.19 bits per heavy atom. The molecular weight excluding hydrogens is 194 g/mol. The molecule has 3 rings (SSSR count).